The second-order valence-corrected chi connectivity index (χ2v) is 3.47. The molecule has 0 heterocycles. The largest absolute Gasteiger partial charge is 0.393 e. The molecule has 2 atom stereocenters. The maximum absolute atomic E-state index is 9.15. The van der Waals surface area contributed by atoms with E-state index in [-0.39, 0.29) is 6.10 Å². The van der Waals surface area contributed by atoms with Crippen LogP contribution in [0.25, 0.3) is 0 Å². The monoisotopic (exact) mass is 128 g/mol. The van der Waals surface area contributed by atoms with Gasteiger partial charge in [0.15, 0.2) is 0 Å². The van der Waals surface area contributed by atoms with Crippen LogP contribution in [0.3, 0.4) is 0 Å². The van der Waals surface area contributed by atoms with Crippen LogP contribution in [0.4, 0.5) is 0 Å². The van der Waals surface area contributed by atoms with Gasteiger partial charge in [-0.3, -0.25) is 0 Å². The van der Waals surface area contributed by atoms with Gasteiger partial charge in [-0.05, 0) is 31.1 Å². The third-order valence-electron chi connectivity index (χ3n) is 2.39. The Morgan fingerprint density at radius 1 is 1.33 bits per heavy atom. The topological polar surface area (TPSA) is 20.2 Å². The van der Waals surface area contributed by atoms with Crippen LogP contribution in [0.1, 0.15) is 33.1 Å². The fourth-order valence-corrected chi connectivity index (χ4v) is 1.60. The summed E-state index contributed by atoms with van der Waals surface area (Å²) >= 11 is 0. The first-order chi connectivity index (χ1) is 4.20. The summed E-state index contributed by atoms with van der Waals surface area (Å²) in [6, 6.07) is 0. The molecule has 1 fully saturated rings. The lowest BCUT2D eigenvalue weighted by molar-refractivity contribution is 0.173. The highest BCUT2D eigenvalue weighted by Crippen LogP contribution is 2.30. The molecule has 0 bridgehead atoms. The average Bonchev–Trinajstić information content (AvgIpc) is 2.14. The molecule has 1 saturated carbocycles. The van der Waals surface area contributed by atoms with Gasteiger partial charge in [0.05, 0.1) is 6.10 Å². The second kappa shape index (κ2) is 2.70. The van der Waals surface area contributed by atoms with Crippen LogP contribution in [0, 0.1) is 11.8 Å². The van der Waals surface area contributed by atoms with E-state index in [1.807, 2.05) is 0 Å². The first-order valence-corrected chi connectivity index (χ1v) is 3.88. The van der Waals surface area contributed by atoms with Crippen molar-refractivity contribution >= 4 is 0 Å². The minimum absolute atomic E-state index is 0.0115. The number of aliphatic hydroxyl groups excluding tert-OH is 1. The van der Waals surface area contributed by atoms with E-state index >= 15 is 0 Å². The number of rotatable bonds is 1. The maximum Gasteiger partial charge on any atom is 0.0543 e. The van der Waals surface area contributed by atoms with E-state index in [1.165, 1.54) is 6.42 Å². The molecule has 0 aliphatic heterocycles. The maximum atomic E-state index is 9.15. The van der Waals surface area contributed by atoms with Crippen molar-refractivity contribution < 1.29 is 5.11 Å². The zero-order valence-electron chi connectivity index (χ0n) is 6.30. The Kier molecular flexibility index (Phi) is 2.12. The van der Waals surface area contributed by atoms with E-state index in [9.17, 15) is 0 Å². The molecule has 1 aliphatic carbocycles. The Morgan fingerprint density at radius 3 is 2.22 bits per heavy atom. The fourth-order valence-electron chi connectivity index (χ4n) is 1.60. The Morgan fingerprint density at radius 2 is 2.00 bits per heavy atom. The molecule has 0 spiro atoms. The van der Waals surface area contributed by atoms with Gasteiger partial charge in [-0.2, -0.15) is 0 Å². The van der Waals surface area contributed by atoms with E-state index in [0.29, 0.717) is 0 Å². The van der Waals surface area contributed by atoms with Gasteiger partial charge in [0.2, 0.25) is 0 Å². The summed E-state index contributed by atoms with van der Waals surface area (Å²) in [5, 5.41) is 9.15. The normalized spacial score (nSPS) is 36.0. The van der Waals surface area contributed by atoms with E-state index in [1.54, 1.807) is 0 Å². The van der Waals surface area contributed by atoms with Crippen molar-refractivity contribution in [3.05, 3.63) is 0 Å². The van der Waals surface area contributed by atoms with Gasteiger partial charge in [0, 0.05) is 0 Å². The smallest absolute Gasteiger partial charge is 0.0543 e. The molecule has 1 heteroatoms. The molecule has 0 amide bonds. The SMILES string of the molecule is CC(C)[C@@H]1CC[C@H](O)C1. The summed E-state index contributed by atoms with van der Waals surface area (Å²) in [5.74, 6) is 1.56. The van der Waals surface area contributed by atoms with E-state index in [0.717, 1.165) is 24.7 Å². The highest BCUT2D eigenvalue weighted by atomic mass is 16.3. The van der Waals surface area contributed by atoms with Crippen molar-refractivity contribution in [2.75, 3.05) is 0 Å². The summed E-state index contributed by atoms with van der Waals surface area (Å²) < 4.78 is 0. The minimum Gasteiger partial charge on any atom is -0.393 e. The Hall–Kier alpha value is -0.0400. The summed E-state index contributed by atoms with van der Waals surface area (Å²) in [6.07, 6.45) is 3.32. The van der Waals surface area contributed by atoms with Gasteiger partial charge in [0.25, 0.3) is 0 Å². The standard InChI is InChI=1S/C8H16O/c1-6(2)7-3-4-8(9)5-7/h6-9H,3-5H2,1-2H3/t7-,8+/m1/s1. The van der Waals surface area contributed by atoms with Crippen molar-refractivity contribution in [3.8, 4) is 0 Å². The summed E-state index contributed by atoms with van der Waals surface area (Å²) in [4.78, 5) is 0. The summed E-state index contributed by atoms with van der Waals surface area (Å²) in [5.41, 5.74) is 0. The van der Waals surface area contributed by atoms with Crippen molar-refractivity contribution in [3.63, 3.8) is 0 Å². The molecule has 9 heavy (non-hydrogen) atoms. The van der Waals surface area contributed by atoms with Gasteiger partial charge in [0.1, 0.15) is 0 Å². The third kappa shape index (κ3) is 1.68. The summed E-state index contributed by atoms with van der Waals surface area (Å²) in [7, 11) is 0. The quantitative estimate of drug-likeness (QED) is 0.571. The zero-order valence-corrected chi connectivity index (χ0v) is 6.30. The minimum atomic E-state index is 0.0115. The highest BCUT2D eigenvalue weighted by Gasteiger charge is 2.24. The Balaban J connectivity index is 2.30. The van der Waals surface area contributed by atoms with Crippen LogP contribution in [0.15, 0.2) is 0 Å². The zero-order chi connectivity index (χ0) is 6.85. The lowest BCUT2D eigenvalue weighted by atomic mass is 9.95. The molecule has 0 saturated heterocycles. The van der Waals surface area contributed by atoms with E-state index in [4.69, 9.17) is 5.11 Å². The van der Waals surface area contributed by atoms with Crippen molar-refractivity contribution in [1.29, 1.82) is 0 Å². The molecule has 0 aromatic carbocycles. The Bertz CT molecular complexity index is 88.6. The molecule has 0 unspecified atom stereocenters. The molecule has 0 radical (unpaired) electrons. The second-order valence-electron chi connectivity index (χ2n) is 3.47. The van der Waals surface area contributed by atoms with Gasteiger partial charge < -0.3 is 5.11 Å². The molecule has 1 N–H and O–H groups in total. The van der Waals surface area contributed by atoms with Crippen LogP contribution in [0.5, 0.6) is 0 Å². The lowest BCUT2D eigenvalue weighted by Crippen LogP contribution is -2.05. The molecule has 1 nitrogen and oxygen atoms in total. The number of aliphatic hydroxyl groups is 1. The molecule has 0 aromatic heterocycles. The van der Waals surface area contributed by atoms with Crippen molar-refractivity contribution in [1.82, 2.24) is 0 Å². The van der Waals surface area contributed by atoms with Gasteiger partial charge in [-0.15, -0.1) is 0 Å². The molecular formula is C8H16O. The first-order valence-electron chi connectivity index (χ1n) is 3.88. The van der Waals surface area contributed by atoms with Crippen LogP contribution < -0.4 is 0 Å². The average molecular weight is 128 g/mol. The van der Waals surface area contributed by atoms with Crippen LogP contribution >= 0.6 is 0 Å². The highest BCUT2D eigenvalue weighted by molar-refractivity contribution is 4.76. The lowest BCUT2D eigenvalue weighted by Gasteiger charge is -2.12. The van der Waals surface area contributed by atoms with Crippen LogP contribution in [-0.2, 0) is 0 Å². The fraction of sp³-hybridized carbons (Fsp3) is 1.00. The van der Waals surface area contributed by atoms with Crippen molar-refractivity contribution in [2.24, 2.45) is 11.8 Å². The van der Waals surface area contributed by atoms with Crippen LogP contribution in [-0.4, -0.2) is 11.2 Å². The van der Waals surface area contributed by atoms with Crippen molar-refractivity contribution in [2.45, 2.75) is 39.2 Å². The van der Waals surface area contributed by atoms with Crippen LogP contribution in [0.2, 0.25) is 0 Å². The predicted octanol–water partition coefficient (Wildman–Crippen LogP) is 1.80. The van der Waals surface area contributed by atoms with E-state index < -0.39 is 0 Å². The van der Waals surface area contributed by atoms with Gasteiger partial charge in [-0.1, -0.05) is 13.8 Å². The summed E-state index contributed by atoms with van der Waals surface area (Å²) in [6.45, 7) is 4.48. The van der Waals surface area contributed by atoms with Gasteiger partial charge >= 0.3 is 0 Å². The number of hydrogen-bond acceptors (Lipinski definition) is 1. The molecule has 1 rings (SSSR count). The van der Waals surface area contributed by atoms with E-state index in [2.05, 4.69) is 13.8 Å². The van der Waals surface area contributed by atoms with Gasteiger partial charge in [-0.25, -0.2) is 0 Å². The Labute approximate surface area is 57.1 Å². The number of hydrogen-bond donors (Lipinski definition) is 1. The molecule has 1 aliphatic rings. The molecule has 54 valence electrons. The molecular weight excluding hydrogens is 112 g/mol. The third-order valence-corrected chi connectivity index (χ3v) is 2.39. The predicted molar refractivity (Wildman–Crippen MR) is 38.2 cm³/mol. The molecule has 0 aromatic rings. The first kappa shape index (κ1) is 7.07.